The van der Waals surface area contributed by atoms with Gasteiger partial charge in [0.25, 0.3) is 0 Å². The Hall–Kier alpha value is -1.64. The van der Waals surface area contributed by atoms with E-state index in [1.807, 2.05) is 6.07 Å². The Morgan fingerprint density at radius 1 is 1.05 bits per heavy atom. The topological polar surface area (TPSA) is 23.5 Å². The van der Waals surface area contributed by atoms with Crippen LogP contribution in [0.2, 0.25) is 0 Å². The van der Waals surface area contributed by atoms with Gasteiger partial charge in [0.2, 0.25) is 0 Å². The number of hydrogen-bond acceptors (Lipinski definition) is 2. The smallest absolute Gasteiger partial charge is 0.0628 e. The van der Waals surface area contributed by atoms with E-state index in [-0.39, 0.29) is 12.6 Å². The molecular weight excluding hydrogens is 270 g/mol. The van der Waals surface area contributed by atoms with Crippen LogP contribution in [0.3, 0.4) is 0 Å². The maximum Gasteiger partial charge on any atom is 0.0628 e. The average molecular weight is 295 g/mol. The maximum atomic E-state index is 9.96. The standard InChI is InChI=1S/C20H25NO/c1-15(2)19-13-21(12-17-10-6-7-11-18(17)19)20(14-22)16-8-4-3-5-9-16/h3-11,15,19-20,22H,12-14H2,1-2H3/t19-,20-/m0/s1. The fraction of sp³-hybridized carbons (Fsp3) is 0.400. The van der Waals surface area contributed by atoms with Gasteiger partial charge in [-0.05, 0) is 28.5 Å². The first kappa shape index (κ1) is 15.3. The Morgan fingerprint density at radius 3 is 2.41 bits per heavy atom. The van der Waals surface area contributed by atoms with Crippen molar-refractivity contribution in [3.63, 3.8) is 0 Å². The van der Waals surface area contributed by atoms with E-state index in [9.17, 15) is 5.11 Å². The summed E-state index contributed by atoms with van der Waals surface area (Å²) in [6.07, 6.45) is 0. The molecule has 2 aromatic rings. The molecule has 2 aromatic carbocycles. The van der Waals surface area contributed by atoms with Crippen molar-refractivity contribution >= 4 is 0 Å². The molecule has 1 aliphatic rings. The molecule has 0 bridgehead atoms. The molecule has 0 aliphatic carbocycles. The van der Waals surface area contributed by atoms with Gasteiger partial charge >= 0.3 is 0 Å². The highest BCUT2D eigenvalue weighted by molar-refractivity contribution is 5.34. The second kappa shape index (κ2) is 6.64. The molecule has 0 saturated carbocycles. The molecule has 1 heterocycles. The van der Waals surface area contributed by atoms with Gasteiger partial charge in [0.05, 0.1) is 12.6 Å². The van der Waals surface area contributed by atoms with Gasteiger partial charge in [0, 0.05) is 13.1 Å². The Bertz CT molecular complexity index is 608. The van der Waals surface area contributed by atoms with Crippen molar-refractivity contribution in [1.82, 2.24) is 4.90 Å². The number of aliphatic hydroxyl groups is 1. The normalized spacial score (nSPS) is 19.9. The highest BCUT2D eigenvalue weighted by Gasteiger charge is 2.31. The predicted molar refractivity (Wildman–Crippen MR) is 90.7 cm³/mol. The van der Waals surface area contributed by atoms with Gasteiger partial charge in [0.15, 0.2) is 0 Å². The zero-order valence-electron chi connectivity index (χ0n) is 13.4. The number of rotatable bonds is 4. The molecule has 0 aromatic heterocycles. The van der Waals surface area contributed by atoms with Crippen molar-refractivity contribution in [2.24, 2.45) is 5.92 Å². The van der Waals surface area contributed by atoms with Crippen molar-refractivity contribution in [2.45, 2.75) is 32.4 Å². The van der Waals surface area contributed by atoms with Gasteiger partial charge < -0.3 is 5.11 Å². The molecule has 0 spiro atoms. The van der Waals surface area contributed by atoms with E-state index < -0.39 is 0 Å². The van der Waals surface area contributed by atoms with E-state index in [1.54, 1.807) is 0 Å². The van der Waals surface area contributed by atoms with Crippen LogP contribution >= 0.6 is 0 Å². The van der Waals surface area contributed by atoms with E-state index in [0.717, 1.165) is 13.1 Å². The number of benzene rings is 2. The van der Waals surface area contributed by atoms with Gasteiger partial charge in [0.1, 0.15) is 0 Å². The maximum absolute atomic E-state index is 9.96. The average Bonchev–Trinajstić information content (AvgIpc) is 2.55. The van der Waals surface area contributed by atoms with Crippen LogP contribution in [0.1, 0.15) is 42.5 Å². The Kier molecular flexibility index (Phi) is 4.60. The van der Waals surface area contributed by atoms with Gasteiger partial charge in [-0.3, -0.25) is 4.90 Å². The van der Waals surface area contributed by atoms with Crippen LogP contribution in [-0.4, -0.2) is 23.2 Å². The van der Waals surface area contributed by atoms with E-state index in [0.29, 0.717) is 11.8 Å². The van der Waals surface area contributed by atoms with Gasteiger partial charge in [-0.15, -0.1) is 0 Å². The summed E-state index contributed by atoms with van der Waals surface area (Å²) < 4.78 is 0. The summed E-state index contributed by atoms with van der Waals surface area (Å²) in [6, 6.07) is 19.2. The molecule has 0 saturated heterocycles. The van der Waals surface area contributed by atoms with Crippen LogP contribution in [-0.2, 0) is 6.54 Å². The molecule has 2 nitrogen and oxygen atoms in total. The fourth-order valence-corrected chi connectivity index (χ4v) is 3.59. The SMILES string of the molecule is CC(C)[C@@H]1CN([C@@H](CO)c2ccccc2)Cc2ccccc21. The molecule has 1 N–H and O–H groups in total. The highest BCUT2D eigenvalue weighted by Crippen LogP contribution is 2.37. The lowest BCUT2D eigenvalue weighted by Gasteiger charge is -2.40. The van der Waals surface area contributed by atoms with E-state index in [4.69, 9.17) is 0 Å². The van der Waals surface area contributed by atoms with Crippen molar-refractivity contribution in [2.75, 3.05) is 13.2 Å². The zero-order chi connectivity index (χ0) is 15.5. The van der Waals surface area contributed by atoms with Crippen LogP contribution in [0.25, 0.3) is 0 Å². The van der Waals surface area contributed by atoms with E-state index in [2.05, 4.69) is 67.3 Å². The highest BCUT2D eigenvalue weighted by atomic mass is 16.3. The summed E-state index contributed by atoms with van der Waals surface area (Å²) in [5.74, 6) is 1.13. The van der Waals surface area contributed by atoms with Crippen LogP contribution in [0, 0.1) is 5.92 Å². The number of fused-ring (bicyclic) bond motifs is 1. The molecule has 0 amide bonds. The minimum Gasteiger partial charge on any atom is -0.394 e. The van der Waals surface area contributed by atoms with Crippen molar-refractivity contribution in [1.29, 1.82) is 0 Å². The lowest BCUT2D eigenvalue weighted by Crippen LogP contribution is -2.39. The largest absolute Gasteiger partial charge is 0.394 e. The lowest BCUT2D eigenvalue weighted by atomic mass is 9.81. The number of hydrogen-bond donors (Lipinski definition) is 1. The molecule has 22 heavy (non-hydrogen) atoms. The molecule has 2 heteroatoms. The number of aliphatic hydroxyl groups excluding tert-OH is 1. The third kappa shape index (κ3) is 2.94. The van der Waals surface area contributed by atoms with Gasteiger partial charge in [-0.1, -0.05) is 68.4 Å². The quantitative estimate of drug-likeness (QED) is 0.922. The first-order valence-electron chi connectivity index (χ1n) is 8.18. The van der Waals surface area contributed by atoms with Crippen molar-refractivity contribution in [3.05, 3.63) is 71.3 Å². The third-order valence-corrected chi connectivity index (χ3v) is 4.86. The second-order valence-electron chi connectivity index (χ2n) is 6.59. The summed E-state index contributed by atoms with van der Waals surface area (Å²) in [5.41, 5.74) is 4.09. The van der Waals surface area contributed by atoms with Gasteiger partial charge in [-0.2, -0.15) is 0 Å². The molecule has 116 valence electrons. The van der Waals surface area contributed by atoms with Crippen LogP contribution in [0.15, 0.2) is 54.6 Å². The minimum absolute atomic E-state index is 0.0795. The Morgan fingerprint density at radius 2 is 1.73 bits per heavy atom. The summed E-state index contributed by atoms with van der Waals surface area (Å²) in [4.78, 5) is 2.43. The van der Waals surface area contributed by atoms with E-state index >= 15 is 0 Å². The Labute approximate surface area is 133 Å². The number of nitrogens with zero attached hydrogens (tertiary/aromatic N) is 1. The molecule has 0 radical (unpaired) electrons. The molecule has 0 unspecified atom stereocenters. The predicted octanol–water partition coefficient (Wildman–Crippen LogP) is 3.98. The van der Waals surface area contributed by atoms with Crippen LogP contribution < -0.4 is 0 Å². The summed E-state index contributed by atoms with van der Waals surface area (Å²) in [6.45, 7) is 6.67. The molecule has 1 aliphatic heterocycles. The first-order chi connectivity index (χ1) is 10.7. The summed E-state index contributed by atoms with van der Waals surface area (Å²) >= 11 is 0. The fourth-order valence-electron chi connectivity index (χ4n) is 3.59. The Balaban J connectivity index is 1.93. The first-order valence-corrected chi connectivity index (χ1v) is 8.18. The van der Waals surface area contributed by atoms with E-state index in [1.165, 1.54) is 16.7 Å². The minimum atomic E-state index is 0.0795. The third-order valence-electron chi connectivity index (χ3n) is 4.86. The molecule has 3 rings (SSSR count). The van der Waals surface area contributed by atoms with Crippen molar-refractivity contribution in [3.8, 4) is 0 Å². The lowest BCUT2D eigenvalue weighted by molar-refractivity contribution is 0.0948. The summed E-state index contributed by atoms with van der Waals surface area (Å²) in [7, 11) is 0. The van der Waals surface area contributed by atoms with Crippen molar-refractivity contribution < 1.29 is 5.11 Å². The zero-order valence-corrected chi connectivity index (χ0v) is 13.4. The molecule has 0 fully saturated rings. The van der Waals surface area contributed by atoms with Gasteiger partial charge in [-0.25, -0.2) is 0 Å². The van der Waals surface area contributed by atoms with Crippen LogP contribution in [0.5, 0.6) is 0 Å². The molecular formula is C20H25NO. The summed E-state index contributed by atoms with van der Waals surface area (Å²) in [5, 5.41) is 9.96. The van der Waals surface area contributed by atoms with Crippen LogP contribution in [0.4, 0.5) is 0 Å². The monoisotopic (exact) mass is 295 g/mol. The second-order valence-corrected chi connectivity index (χ2v) is 6.59. The molecule has 2 atom stereocenters.